The van der Waals surface area contributed by atoms with E-state index in [1.807, 2.05) is 0 Å². The average molecular weight is 261 g/mol. The van der Waals surface area contributed by atoms with Crippen LogP contribution in [0.3, 0.4) is 0 Å². The van der Waals surface area contributed by atoms with E-state index >= 15 is 0 Å². The molecule has 2 heterocycles. The number of rotatable bonds is 3. The highest BCUT2D eigenvalue weighted by molar-refractivity contribution is 5.17. The first-order valence-corrected chi connectivity index (χ1v) is 7.89. The Morgan fingerprint density at radius 3 is 3.11 bits per heavy atom. The summed E-state index contributed by atoms with van der Waals surface area (Å²) < 4.78 is 2.44. The minimum Gasteiger partial charge on any atom is -0.334 e. The number of nitrogens with one attached hydrogen (secondary N) is 1. The molecular formula is C16H27N3. The summed E-state index contributed by atoms with van der Waals surface area (Å²) in [5, 5.41) is 3.50. The lowest BCUT2D eigenvalue weighted by molar-refractivity contribution is 0.252. The summed E-state index contributed by atoms with van der Waals surface area (Å²) in [6.07, 6.45) is 11.0. The van der Waals surface area contributed by atoms with Gasteiger partial charge in [-0.15, -0.1) is 0 Å². The van der Waals surface area contributed by atoms with E-state index in [-0.39, 0.29) is 5.41 Å². The van der Waals surface area contributed by atoms with Crippen molar-refractivity contribution in [1.29, 1.82) is 0 Å². The molecule has 19 heavy (non-hydrogen) atoms. The van der Waals surface area contributed by atoms with Crippen LogP contribution in [0.5, 0.6) is 0 Å². The molecule has 0 radical (unpaired) electrons. The molecule has 1 aromatic heterocycles. The van der Waals surface area contributed by atoms with Crippen molar-refractivity contribution < 1.29 is 0 Å². The smallest absolute Gasteiger partial charge is 0.0948 e. The first-order valence-electron chi connectivity index (χ1n) is 7.89. The van der Waals surface area contributed by atoms with Crippen LogP contribution < -0.4 is 5.32 Å². The van der Waals surface area contributed by atoms with Gasteiger partial charge in [-0.1, -0.05) is 26.7 Å². The molecule has 3 nitrogen and oxygen atoms in total. The van der Waals surface area contributed by atoms with Crippen LogP contribution in [0.15, 0.2) is 12.5 Å². The molecule has 1 aliphatic heterocycles. The topological polar surface area (TPSA) is 29.9 Å². The molecule has 0 spiro atoms. The fraction of sp³-hybridized carbons (Fsp3) is 0.812. The van der Waals surface area contributed by atoms with E-state index in [4.69, 9.17) is 0 Å². The standard InChI is InChI=1S/C16H27N3/c1-13-4-3-5-14(8-13)10-19-12-18-9-15(19)16(2)6-7-17-11-16/h9,12-14,17H,3-8,10-11H2,1-2H3. The van der Waals surface area contributed by atoms with Crippen molar-refractivity contribution in [3.05, 3.63) is 18.2 Å². The van der Waals surface area contributed by atoms with Crippen molar-refractivity contribution in [2.45, 2.75) is 57.9 Å². The van der Waals surface area contributed by atoms with E-state index in [0.29, 0.717) is 0 Å². The molecule has 0 bridgehead atoms. The fourth-order valence-electron chi connectivity index (χ4n) is 4.01. The van der Waals surface area contributed by atoms with Crippen molar-refractivity contribution in [2.75, 3.05) is 13.1 Å². The third-order valence-corrected chi connectivity index (χ3v) is 5.20. The molecule has 0 aromatic carbocycles. The van der Waals surface area contributed by atoms with Gasteiger partial charge in [-0.05, 0) is 37.6 Å². The summed E-state index contributed by atoms with van der Waals surface area (Å²) in [7, 11) is 0. The molecule has 1 saturated heterocycles. The zero-order chi connectivity index (χ0) is 13.3. The fourth-order valence-corrected chi connectivity index (χ4v) is 4.01. The normalized spacial score (nSPS) is 35.7. The van der Waals surface area contributed by atoms with Gasteiger partial charge in [0.05, 0.1) is 6.33 Å². The van der Waals surface area contributed by atoms with Crippen molar-refractivity contribution >= 4 is 0 Å². The Morgan fingerprint density at radius 2 is 2.37 bits per heavy atom. The molecule has 3 unspecified atom stereocenters. The van der Waals surface area contributed by atoms with E-state index in [0.717, 1.165) is 24.9 Å². The summed E-state index contributed by atoms with van der Waals surface area (Å²) >= 11 is 0. The lowest BCUT2D eigenvalue weighted by atomic mass is 9.82. The van der Waals surface area contributed by atoms with Crippen LogP contribution in [0.4, 0.5) is 0 Å². The highest BCUT2D eigenvalue weighted by Crippen LogP contribution is 2.33. The molecule has 106 valence electrons. The summed E-state index contributed by atoms with van der Waals surface area (Å²) in [5.41, 5.74) is 1.73. The number of aromatic nitrogens is 2. The van der Waals surface area contributed by atoms with Gasteiger partial charge in [0.15, 0.2) is 0 Å². The van der Waals surface area contributed by atoms with Crippen LogP contribution in [0.2, 0.25) is 0 Å². The predicted molar refractivity (Wildman–Crippen MR) is 78.2 cm³/mol. The zero-order valence-electron chi connectivity index (χ0n) is 12.4. The first-order chi connectivity index (χ1) is 9.17. The van der Waals surface area contributed by atoms with E-state index in [9.17, 15) is 0 Å². The molecule has 3 heteroatoms. The van der Waals surface area contributed by atoms with Gasteiger partial charge >= 0.3 is 0 Å². The van der Waals surface area contributed by atoms with Crippen molar-refractivity contribution in [3.63, 3.8) is 0 Å². The lowest BCUT2D eigenvalue weighted by Crippen LogP contribution is -2.29. The third-order valence-electron chi connectivity index (χ3n) is 5.20. The number of nitrogens with zero attached hydrogens (tertiary/aromatic N) is 2. The van der Waals surface area contributed by atoms with Gasteiger partial charge in [0.1, 0.15) is 0 Å². The second-order valence-electron chi connectivity index (χ2n) is 7.06. The highest BCUT2D eigenvalue weighted by Gasteiger charge is 2.33. The summed E-state index contributed by atoms with van der Waals surface area (Å²) in [6, 6.07) is 0. The molecule has 3 atom stereocenters. The molecule has 1 saturated carbocycles. The Bertz CT molecular complexity index is 417. The first kappa shape index (κ1) is 13.2. The lowest BCUT2D eigenvalue weighted by Gasteiger charge is -2.30. The van der Waals surface area contributed by atoms with Gasteiger partial charge in [-0.3, -0.25) is 0 Å². The maximum Gasteiger partial charge on any atom is 0.0948 e. The van der Waals surface area contributed by atoms with Crippen LogP contribution >= 0.6 is 0 Å². The van der Waals surface area contributed by atoms with Gasteiger partial charge < -0.3 is 9.88 Å². The quantitative estimate of drug-likeness (QED) is 0.906. The molecule has 2 fully saturated rings. The minimum absolute atomic E-state index is 0.288. The Morgan fingerprint density at radius 1 is 1.47 bits per heavy atom. The van der Waals surface area contributed by atoms with Gasteiger partial charge in [0.25, 0.3) is 0 Å². The Labute approximate surface area is 116 Å². The van der Waals surface area contributed by atoms with Crippen LogP contribution in [0.25, 0.3) is 0 Å². The third kappa shape index (κ3) is 2.71. The molecule has 3 rings (SSSR count). The van der Waals surface area contributed by atoms with E-state index in [1.54, 1.807) is 0 Å². The van der Waals surface area contributed by atoms with Crippen molar-refractivity contribution in [2.24, 2.45) is 11.8 Å². The predicted octanol–water partition coefficient (Wildman–Crippen LogP) is 2.96. The Hall–Kier alpha value is -0.830. The van der Waals surface area contributed by atoms with Gasteiger partial charge in [0, 0.05) is 30.4 Å². The Kier molecular flexibility index (Phi) is 3.66. The van der Waals surface area contributed by atoms with Crippen LogP contribution in [-0.4, -0.2) is 22.6 Å². The SMILES string of the molecule is CC1CCCC(Cn2cncc2C2(C)CCNC2)C1. The van der Waals surface area contributed by atoms with Crippen molar-refractivity contribution in [3.8, 4) is 0 Å². The second-order valence-corrected chi connectivity index (χ2v) is 7.06. The maximum atomic E-state index is 4.43. The van der Waals surface area contributed by atoms with Crippen LogP contribution in [0, 0.1) is 11.8 Å². The monoisotopic (exact) mass is 261 g/mol. The zero-order valence-corrected chi connectivity index (χ0v) is 12.4. The average Bonchev–Trinajstić information content (AvgIpc) is 2.99. The van der Waals surface area contributed by atoms with Crippen LogP contribution in [0.1, 0.15) is 51.6 Å². The highest BCUT2D eigenvalue weighted by atomic mass is 15.1. The molecule has 1 N–H and O–H groups in total. The second kappa shape index (κ2) is 5.28. The van der Waals surface area contributed by atoms with E-state index in [2.05, 4.69) is 41.2 Å². The molecule has 0 amide bonds. The number of hydrogen-bond acceptors (Lipinski definition) is 2. The molecule has 1 aliphatic carbocycles. The van der Waals surface area contributed by atoms with Gasteiger partial charge in [-0.25, -0.2) is 4.98 Å². The largest absolute Gasteiger partial charge is 0.334 e. The molecule has 1 aromatic rings. The number of imidazole rings is 1. The van der Waals surface area contributed by atoms with Gasteiger partial charge in [0.2, 0.25) is 0 Å². The summed E-state index contributed by atoms with van der Waals surface area (Å²) in [6.45, 7) is 8.20. The Balaban J connectivity index is 1.73. The molecular weight excluding hydrogens is 234 g/mol. The van der Waals surface area contributed by atoms with Gasteiger partial charge in [-0.2, -0.15) is 0 Å². The van der Waals surface area contributed by atoms with E-state index in [1.165, 1.54) is 44.3 Å². The minimum atomic E-state index is 0.288. The maximum absolute atomic E-state index is 4.43. The van der Waals surface area contributed by atoms with Crippen LogP contribution in [-0.2, 0) is 12.0 Å². The summed E-state index contributed by atoms with van der Waals surface area (Å²) in [4.78, 5) is 4.43. The summed E-state index contributed by atoms with van der Waals surface area (Å²) in [5.74, 6) is 1.77. The van der Waals surface area contributed by atoms with E-state index < -0.39 is 0 Å². The van der Waals surface area contributed by atoms with Crippen molar-refractivity contribution in [1.82, 2.24) is 14.9 Å². The number of hydrogen-bond donors (Lipinski definition) is 1. The molecule has 2 aliphatic rings.